The molecule has 1 fully saturated rings. The summed E-state index contributed by atoms with van der Waals surface area (Å²) in [5.74, 6) is 1.02. The zero-order valence-corrected chi connectivity index (χ0v) is 16.3. The minimum absolute atomic E-state index is 0.0310. The fraction of sp³-hybridized carbons (Fsp3) is 0.364. The Morgan fingerprint density at radius 3 is 2.36 bits per heavy atom. The van der Waals surface area contributed by atoms with E-state index in [1.165, 1.54) is 0 Å². The molecule has 1 N–H and O–H groups in total. The quantitative estimate of drug-likeness (QED) is 0.829. The predicted molar refractivity (Wildman–Crippen MR) is 108 cm³/mol. The number of hydrogen-bond donors (Lipinski definition) is 1. The van der Waals surface area contributed by atoms with E-state index in [9.17, 15) is 9.59 Å². The topological polar surface area (TPSA) is 67.9 Å². The average Bonchev–Trinajstić information content (AvgIpc) is 2.75. The van der Waals surface area contributed by atoms with Crippen LogP contribution in [0, 0.1) is 5.92 Å². The van der Waals surface area contributed by atoms with Gasteiger partial charge in [0, 0.05) is 19.0 Å². The molecule has 6 nitrogen and oxygen atoms in total. The van der Waals surface area contributed by atoms with Crippen molar-refractivity contribution in [3.8, 4) is 11.5 Å². The zero-order valence-electron chi connectivity index (χ0n) is 16.3. The lowest BCUT2D eigenvalue weighted by Crippen LogP contribution is -2.41. The van der Waals surface area contributed by atoms with E-state index in [0.29, 0.717) is 55.3 Å². The van der Waals surface area contributed by atoms with Crippen LogP contribution >= 0.6 is 0 Å². The molecule has 0 aromatic heterocycles. The molecule has 0 atom stereocenters. The van der Waals surface area contributed by atoms with Crippen LogP contribution in [0.1, 0.15) is 30.1 Å². The van der Waals surface area contributed by atoms with Crippen molar-refractivity contribution < 1.29 is 19.1 Å². The minimum Gasteiger partial charge on any atom is -0.496 e. The van der Waals surface area contributed by atoms with Crippen molar-refractivity contribution in [3.05, 3.63) is 54.1 Å². The minimum atomic E-state index is -0.128. The molecule has 0 aliphatic carbocycles. The number of anilines is 1. The lowest BCUT2D eigenvalue weighted by Gasteiger charge is -2.31. The Bertz CT molecular complexity index is 829. The standard InChI is InChI=1S/C22H26N2O4/c1-3-28-20-11-7-5-9-18(20)23-21(25)16-12-14-24(15-13-16)22(26)17-8-4-6-10-19(17)27-2/h4-11,16H,3,12-15H2,1-2H3,(H,23,25). The largest absolute Gasteiger partial charge is 0.496 e. The smallest absolute Gasteiger partial charge is 0.257 e. The van der Waals surface area contributed by atoms with Crippen LogP contribution in [-0.2, 0) is 4.79 Å². The molecule has 0 bridgehead atoms. The molecular weight excluding hydrogens is 356 g/mol. The van der Waals surface area contributed by atoms with Gasteiger partial charge in [0.2, 0.25) is 5.91 Å². The van der Waals surface area contributed by atoms with Crippen LogP contribution < -0.4 is 14.8 Å². The molecule has 1 aliphatic rings. The number of carbonyl (C=O) groups excluding carboxylic acids is 2. The molecule has 0 unspecified atom stereocenters. The second-order valence-corrected chi connectivity index (χ2v) is 6.69. The summed E-state index contributed by atoms with van der Waals surface area (Å²) in [6.07, 6.45) is 1.26. The highest BCUT2D eigenvalue weighted by molar-refractivity contribution is 5.97. The van der Waals surface area contributed by atoms with Gasteiger partial charge < -0.3 is 19.7 Å². The van der Waals surface area contributed by atoms with Crippen LogP contribution in [0.15, 0.2) is 48.5 Å². The van der Waals surface area contributed by atoms with E-state index in [0.717, 1.165) is 0 Å². The molecule has 2 aromatic rings. The summed E-state index contributed by atoms with van der Waals surface area (Å²) in [7, 11) is 1.56. The predicted octanol–water partition coefficient (Wildman–Crippen LogP) is 3.58. The summed E-state index contributed by atoms with van der Waals surface area (Å²) in [4.78, 5) is 27.3. The summed E-state index contributed by atoms with van der Waals surface area (Å²) in [6.45, 7) is 3.54. The van der Waals surface area contributed by atoms with Crippen LogP contribution in [0.25, 0.3) is 0 Å². The van der Waals surface area contributed by atoms with E-state index in [1.807, 2.05) is 43.3 Å². The summed E-state index contributed by atoms with van der Waals surface area (Å²) in [5, 5.41) is 2.97. The number of benzene rings is 2. The van der Waals surface area contributed by atoms with Crippen molar-refractivity contribution in [1.29, 1.82) is 0 Å². The maximum atomic E-state index is 12.8. The Balaban J connectivity index is 1.59. The third-order valence-corrected chi connectivity index (χ3v) is 4.94. The molecule has 148 valence electrons. The Morgan fingerprint density at radius 1 is 1.04 bits per heavy atom. The highest BCUT2D eigenvalue weighted by Crippen LogP contribution is 2.27. The van der Waals surface area contributed by atoms with Crippen molar-refractivity contribution >= 4 is 17.5 Å². The van der Waals surface area contributed by atoms with Crippen LogP contribution in [0.5, 0.6) is 11.5 Å². The molecule has 1 saturated heterocycles. The number of nitrogens with zero attached hydrogens (tertiary/aromatic N) is 1. The number of ether oxygens (including phenoxy) is 2. The van der Waals surface area contributed by atoms with Crippen molar-refractivity contribution in [2.24, 2.45) is 5.92 Å². The molecule has 1 heterocycles. The van der Waals surface area contributed by atoms with Gasteiger partial charge in [-0.25, -0.2) is 0 Å². The second-order valence-electron chi connectivity index (χ2n) is 6.69. The zero-order chi connectivity index (χ0) is 19.9. The van der Waals surface area contributed by atoms with Gasteiger partial charge in [-0.05, 0) is 44.0 Å². The molecule has 3 rings (SSSR count). The maximum absolute atomic E-state index is 12.8. The SMILES string of the molecule is CCOc1ccccc1NC(=O)C1CCN(C(=O)c2ccccc2OC)CC1. The first-order chi connectivity index (χ1) is 13.6. The molecule has 0 saturated carbocycles. The van der Waals surface area contributed by atoms with Gasteiger partial charge in [-0.15, -0.1) is 0 Å². The third kappa shape index (κ3) is 4.44. The number of amides is 2. The van der Waals surface area contributed by atoms with E-state index in [1.54, 1.807) is 24.1 Å². The highest BCUT2D eigenvalue weighted by Gasteiger charge is 2.29. The maximum Gasteiger partial charge on any atom is 0.257 e. The molecule has 2 amide bonds. The fourth-order valence-electron chi connectivity index (χ4n) is 3.42. The number of methoxy groups -OCH3 is 1. The number of rotatable bonds is 6. The molecule has 6 heteroatoms. The van der Waals surface area contributed by atoms with E-state index < -0.39 is 0 Å². The van der Waals surface area contributed by atoms with E-state index >= 15 is 0 Å². The average molecular weight is 382 g/mol. The monoisotopic (exact) mass is 382 g/mol. The van der Waals surface area contributed by atoms with Gasteiger partial charge in [-0.3, -0.25) is 9.59 Å². The second kappa shape index (κ2) is 9.26. The third-order valence-electron chi connectivity index (χ3n) is 4.94. The number of likely N-dealkylation sites (tertiary alicyclic amines) is 1. The Kier molecular flexibility index (Phi) is 6.53. The van der Waals surface area contributed by atoms with Crippen molar-refractivity contribution in [2.45, 2.75) is 19.8 Å². The van der Waals surface area contributed by atoms with Crippen LogP contribution in [-0.4, -0.2) is 43.5 Å². The molecule has 0 spiro atoms. The van der Waals surface area contributed by atoms with Gasteiger partial charge in [0.15, 0.2) is 0 Å². The molecule has 2 aromatic carbocycles. The van der Waals surface area contributed by atoms with E-state index in [2.05, 4.69) is 5.32 Å². The highest BCUT2D eigenvalue weighted by atomic mass is 16.5. The lowest BCUT2D eigenvalue weighted by molar-refractivity contribution is -0.121. The number of para-hydroxylation sites is 3. The van der Waals surface area contributed by atoms with Gasteiger partial charge in [0.1, 0.15) is 11.5 Å². The van der Waals surface area contributed by atoms with Crippen molar-refractivity contribution in [1.82, 2.24) is 4.90 Å². The van der Waals surface area contributed by atoms with Gasteiger partial charge in [-0.2, -0.15) is 0 Å². The Hall–Kier alpha value is -3.02. The summed E-state index contributed by atoms with van der Waals surface area (Å²) in [5.41, 5.74) is 1.24. The van der Waals surface area contributed by atoms with Gasteiger partial charge >= 0.3 is 0 Å². The van der Waals surface area contributed by atoms with E-state index in [4.69, 9.17) is 9.47 Å². The molecule has 0 radical (unpaired) electrons. The number of piperidine rings is 1. The first kappa shape index (κ1) is 19.7. The summed E-state index contributed by atoms with van der Waals surface area (Å²) >= 11 is 0. The van der Waals surface area contributed by atoms with Gasteiger partial charge in [-0.1, -0.05) is 24.3 Å². The molecule has 28 heavy (non-hydrogen) atoms. The number of nitrogens with one attached hydrogen (secondary N) is 1. The first-order valence-corrected chi connectivity index (χ1v) is 9.59. The fourth-order valence-corrected chi connectivity index (χ4v) is 3.42. The Labute approximate surface area is 165 Å². The van der Waals surface area contributed by atoms with Gasteiger partial charge in [0.05, 0.1) is 25.0 Å². The summed E-state index contributed by atoms with van der Waals surface area (Å²) < 4.78 is 10.9. The van der Waals surface area contributed by atoms with E-state index in [-0.39, 0.29) is 17.7 Å². The Morgan fingerprint density at radius 2 is 1.68 bits per heavy atom. The molecular formula is C22H26N2O4. The molecule has 1 aliphatic heterocycles. The summed E-state index contributed by atoms with van der Waals surface area (Å²) in [6, 6.07) is 14.6. The van der Waals surface area contributed by atoms with Gasteiger partial charge in [0.25, 0.3) is 5.91 Å². The van der Waals surface area contributed by atoms with Crippen LogP contribution in [0.2, 0.25) is 0 Å². The first-order valence-electron chi connectivity index (χ1n) is 9.59. The normalized spacial score (nSPS) is 14.4. The lowest BCUT2D eigenvalue weighted by atomic mass is 9.95. The number of hydrogen-bond acceptors (Lipinski definition) is 4. The van der Waals surface area contributed by atoms with Crippen LogP contribution in [0.4, 0.5) is 5.69 Å². The van der Waals surface area contributed by atoms with Crippen molar-refractivity contribution in [3.63, 3.8) is 0 Å². The van der Waals surface area contributed by atoms with Crippen molar-refractivity contribution in [2.75, 3.05) is 32.1 Å². The number of carbonyl (C=O) groups is 2. The van der Waals surface area contributed by atoms with Crippen LogP contribution in [0.3, 0.4) is 0 Å².